The third-order valence-electron chi connectivity index (χ3n) is 3.01. The summed E-state index contributed by atoms with van der Waals surface area (Å²) < 4.78 is 0. The number of likely N-dealkylation sites (tertiary alicyclic amines) is 1. The second kappa shape index (κ2) is 5.25. The molecule has 0 spiro atoms. The standard InChI is InChI=1S/C12H20N2OS/c1-9(2)12-13-10(8-16-12)7-14-5-3-11(15)4-6-14/h8-9,11,15H,3-7H2,1-2H3. The fourth-order valence-electron chi connectivity index (χ4n) is 1.97. The Morgan fingerprint density at radius 2 is 2.19 bits per heavy atom. The molecule has 0 unspecified atom stereocenters. The Kier molecular flexibility index (Phi) is 3.95. The van der Waals surface area contributed by atoms with E-state index in [4.69, 9.17) is 0 Å². The van der Waals surface area contributed by atoms with Crippen molar-refractivity contribution in [1.82, 2.24) is 9.88 Å². The van der Waals surface area contributed by atoms with Crippen LogP contribution in [0.5, 0.6) is 0 Å². The molecule has 90 valence electrons. The van der Waals surface area contributed by atoms with Crippen LogP contribution in [0.2, 0.25) is 0 Å². The van der Waals surface area contributed by atoms with Crippen LogP contribution in [0.25, 0.3) is 0 Å². The van der Waals surface area contributed by atoms with Crippen LogP contribution in [0.15, 0.2) is 5.38 Å². The number of aromatic nitrogens is 1. The van der Waals surface area contributed by atoms with E-state index in [1.165, 1.54) is 10.7 Å². The molecule has 2 rings (SSSR count). The highest BCUT2D eigenvalue weighted by atomic mass is 32.1. The number of aliphatic hydroxyl groups excluding tert-OH is 1. The molecule has 1 aromatic heterocycles. The van der Waals surface area contributed by atoms with Crippen molar-refractivity contribution in [3.05, 3.63) is 16.1 Å². The Balaban J connectivity index is 1.88. The predicted octanol–water partition coefficient (Wildman–Crippen LogP) is 2.22. The van der Waals surface area contributed by atoms with Crippen LogP contribution in [0.3, 0.4) is 0 Å². The molecule has 0 bridgehead atoms. The monoisotopic (exact) mass is 240 g/mol. The van der Waals surface area contributed by atoms with E-state index in [-0.39, 0.29) is 6.10 Å². The first kappa shape index (κ1) is 12.0. The van der Waals surface area contributed by atoms with Gasteiger partial charge in [-0.05, 0) is 12.8 Å². The molecule has 1 aliphatic rings. The lowest BCUT2D eigenvalue weighted by Crippen LogP contribution is -2.35. The molecule has 1 aromatic rings. The van der Waals surface area contributed by atoms with Crippen LogP contribution in [0.4, 0.5) is 0 Å². The van der Waals surface area contributed by atoms with Crippen molar-refractivity contribution in [2.45, 2.75) is 45.3 Å². The smallest absolute Gasteiger partial charge is 0.0954 e. The van der Waals surface area contributed by atoms with Crippen molar-refractivity contribution in [3.8, 4) is 0 Å². The minimum Gasteiger partial charge on any atom is -0.393 e. The number of aliphatic hydroxyl groups is 1. The highest BCUT2D eigenvalue weighted by Gasteiger charge is 2.17. The summed E-state index contributed by atoms with van der Waals surface area (Å²) in [4.78, 5) is 7.02. The highest BCUT2D eigenvalue weighted by molar-refractivity contribution is 7.09. The van der Waals surface area contributed by atoms with Gasteiger partial charge in [-0.15, -0.1) is 11.3 Å². The van der Waals surface area contributed by atoms with Crippen molar-refractivity contribution in [2.24, 2.45) is 0 Å². The summed E-state index contributed by atoms with van der Waals surface area (Å²) in [5, 5.41) is 12.8. The molecule has 3 nitrogen and oxygen atoms in total. The average Bonchev–Trinajstić information content (AvgIpc) is 2.70. The number of piperidine rings is 1. The van der Waals surface area contributed by atoms with Gasteiger partial charge in [-0.2, -0.15) is 0 Å². The molecule has 0 atom stereocenters. The van der Waals surface area contributed by atoms with Crippen molar-refractivity contribution in [1.29, 1.82) is 0 Å². The second-order valence-electron chi connectivity index (χ2n) is 4.84. The summed E-state index contributed by atoms with van der Waals surface area (Å²) in [7, 11) is 0. The molecular weight excluding hydrogens is 220 g/mol. The number of hydrogen-bond acceptors (Lipinski definition) is 4. The summed E-state index contributed by atoms with van der Waals surface area (Å²) in [6.07, 6.45) is 1.72. The quantitative estimate of drug-likeness (QED) is 0.880. The van der Waals surface area contributed by atoms with Gasteiger partial charge < -0.3 is 5.11 Å². The van der Waals surface area contributed by atoms with Gasteiger partial charge in [-0.3, -0.25) is 4.90 Å². The zero-order valence-electron chi connectivity index (χ0n) is 10.0. The molecule has 1 aliphatic heterocycles. The maximum absolute atomic E-state index is 9.43. The van der Waals surface area contributed by atoms with E-state index in [0.717, 1.165) is 32.5 Å². The topological polar surface area (TPSA) is 36.4 Å². The maximum atomic E-state index is 9.43. The SMILES string of the molecule is CC(C)c1nc(CN2CCC(O)CC2)cs1. The lowest BCUT2D eigenvalue weighted by Gasteiger charge is -2.28. The Bertz CT molecular complexity index is 330. The fourth-order valence-corrected chi connectivity index (χ4v) is 2.79. The molecule has 1 saturated heterocycles. The molecule has 16 heavy (non-hydrogen) atoms. The summed E-state index contributed by atoms with van der Waals surface area (Å²) in [5.41, 5.74) is 1.19. The van der Waals surface area contributed by atoms with Gasteiger partial charge in [-0.1, -0.05) is 13.8 Å². The van der Waals surface area contributed by atoms with E-state index >= 15 is 0 Å². The molecule has 1 fully saturated rings. The van der Waals surface area contributed by atoms with Crippen LogP contribution < -0.4 is 0 Å². The maximum Gasteiger partial charge on any atom is 0.0954 e. The summed E-state index contributed by atoms with van der Waals surface area (Å²) in [6.45, 7) is 7.29. The number of thiazole rings is 1. The Morgan fingerprint density at radius 3 is 2.75 bits per heavy atom. The number of nitrogens with zero attached hydrogens (tertiary/aromatic N) is 2. The third kappa shape index (κ3) is 3.03. The molecule has 2 heterocycles. The Morgan fingerprint density at radius 1 is 1.50 bits per heavy atom. The molecule has 0 aliphatic carbocycles. The minimum absolute atomic E-state index is 0.0853. The van der Waals surface area contributed by atoms with E-state index in [1.54, 1.807) is 11.3 Å². The third-order valence-corrected chi connectivity index (χ3v) is 4.20. The van der Waals surface area contributed by atoms with Crippen LogP contribution in [-0.2, 0) is 6.54 Å². The molecule has 0 saturated carbocycles. The van der Waals surface area contributed by atoms with Crippen molar-refractivity contribution in [3.63, 3.8) is 0 Å². The van der Waals surface area contributed by atoms with Crippen LogP contribution >= 0.6 is 11.3 Å². The van der Waals surface area contributed by atoms with Gasteiger partial charge in [0.2, 0.25) is 0 Å². The lowest BCUT2D eigenvalue weighted by molar-refractivity contribution is 0.0787. The zero-order chi connectivity index (χ0) is 11.5. The Labute approximate surface area is 101 Å². The first-order valence-corrected chi connectivity index (χ1v) is 6.88. The molecule has 0 amide bonds. The van der Waals surface area contributed by atoms with E-state index in [0.29, 0.717) is 5.92 Å². The van der Waals surface area contributed by atoms with Gasteiger partial charge in [0.15, 0.2) is 0 Å². The van der Waals surface area contributed by atoms with Gasteiger partial charge in [-0.25, -0.2) is 4.98 Å². The Hall–Kier alpha value is -0.450. The molecule has 4 heteroatoms. The van der Waals surface area contributed by atoms with Gasteiger partial charge in [0.1, 0.15) is 0 Å². The largest absolute Gasteiger partial charge is 0.393 e. The van der Waals surface area contributed by atoms with Gasteiger partial charge in [0.05, 0.1) is 16.8 Å². The van der Waals surface area contributed by atoms with E-state index in [9.17, 15) is 5.11 Å². The number of hydrogen-bond donors (Lipinski definition) is 1. The molecule has 0 aromatic carbocycles. The normalized spacial score (nSPS) is 19.5. The van der Waals surface area contributed by atoms with Crippen LogP contribution in [0.1, 0.15) is 43.3 Å². The molecule has 1 N–H and O–H groups in total. The predicted molar refractivity (Wildman–Crippen MR) is 66.7 cm³/mol. The summed E-state index contributed by atoms with van der Waals surface area (Å²) in [5.74, 6) is 0.530. The van der Waals surface area contributed by atoms with Crippen LogP contribution in [0, 0.1) is 0 Å². The van der Waals surface area contributed by atoms with Gasteiger partial charge in [0, 0.05) is 30.9 Å². The van der Waals surface area contributed by atoms with Gasteiger partial charge >= 0.3 is 0 Å². The van der Waals surface area contributed by atoms with Gasteiger partial charge in [0.25, 0.3) is 0 Å². The minimum atomic E-state index is -0.0853. The number of rotatable bonds is 3. The highest BCUT2D eigenvalue weighted by Crippen LogP contribution is 2.21. The average molecular weight is 240 g/mol. The van der Waals surface area contributed by atoms with Crippen molar-refractivity contribution in [2.75, 3.05) is 13.1 Å². The van der Waals surface area contributed by atoms with Crippen molar-refractivity contribution >= 4 is 11.3 Å². The molecule has 0 radical (unpaired) electrons. The van der Waals surface area contributed by atoms with Crippen molar-refractivity contribution < 1.29 is 5.11 Å². The summed E-state index contributed by atoms with van der Waals surface area (Å²) >= 11 is 1.76. The van der Waals surface area contributed by atoms with E-state index in [2.05, 4.69) is 29.1 Å². The second-order valence-corrected chi connectivity index (χ2v) is 5.73. The summed E-state index contributed by atoms with van der Waals surface area (Å²) in [6, 6.07) is 0. The first-order valence-electron chi connectivity index (χ1n) is 6.00. The van der Waals surface area contributed by atoms with E-state index in [1.807, 2.05) is 0 Å². The molecular formula is C12H20N2OS. The van der Waals surface area contributed by atoms with E-state index < -0.39 is 0 Å². The first-order chi connectivity index (χ1) is 7.65. The fraction of sp³-hybridized carbons (Fsp3) is 0.750. The zero-order valence-corrected chi connectivity index (χ0v) is 10.8. The lowest BCUT2D eigenvalue weighted by atomic mass is 10.1. The van der Waals surface area contributed by atoms with Crippen LogP contribution in [-0.4, -0.2) is 34.2 Å².